The molecule has 2 aromatic rings. The van der Waals surface area contributed by atoms with Crippen molar-refractivity contribution >= 4 is 17.8 Å². The van der Waals surface area contributed by atoms with E-state index >= 15 is 0 Å². The molecular formula is C30H35N3O2. The van der Waals surface area contributed by atoms with Gasteiger partial charge in [0, 0.05) is 30.8 Å². The van der Waals surface area contributed by atoms with Crippen LogP contribution in [0.25, 0.3) is 6.08 Å². The molecule has 2 aliphatic rings. The molecule has 0 spiro atoms. The summed E-state index contributed by atoms with van der Waals surface area (Å²) in [5.41, 5.74) is 5.01. The Hall–Kier alpha value is -3.23. The van der Waals surface area contributed by atoms with Crippen LogP contribution in [0.4, 0.5) is 0 Å². The molecule has 1 N–H and O–H groups in total. The molecule has 1 saturated carbocycles. The lowest BCUT2D eigenvalue weighted by Gasteiger charge is -2.30. The second kappa shape index (κ2) is 12.0. The van der Waals surface area contributed by atoms with Gasteiger partial charge in [0.05, 0.1) is 11.6 Å². The number of nitrogens with one attached hydrogen (secondary N) is 1. The van der Waals surface area contributed by atoms with Crippen molar-refractivity contribution in [3.8, 4) is 6.07 Å². The number of nitrogens with zero attached hydrogens (tertiary/aromatic N) is 2. The molecule has 4 rings (SSSR count). The molecule has 1 amide bonds. The Bertz CT molecular complexity index is 1120. The van der Waals surface area contributed by atoms with Crippen molar-refractivity contribution in [3.63, 3.8) is 0 Å². The van der Waals surface area contributed by atoms with Crippen molar-refractivity contribution in [2.24, 2.45) is 5.92 Å². The largest absolute Gasteiger partial charge is 0.350 e. The fraction of sp³-hybridized carbons (Fsp3) is 0.433. The molecule has 35 heavy (non-hydrogen) atoms. The van der Waals surface area contributed by atoms with Crippen molar-refractivity contribution in [3.05, 3.63) is 76.4 Å². The average molecular weight is 470 g/mol. The third-order valence-corrected chi connectivity index (χ3v) is 7.50. The van der Waals surface area contributed by atoms with E-state index in [1.807, 2.05) is 24.3 Å². The Morgan fingerprint density at radius 3 is 2.57 bits per heavy atom. The summed E-state index contributed by atoms with van der Waals surface area (Å²) in [6, 6.07) is 16.0. The van der Waals surface area contributed by atoms with Gasteiger partial charge in [0.1, 0.15) is 0 Å². The van der Waals surface area contributed by atoms with Gasteiger partial charge >= 0.3 is 0 Å². The van der Waals surface area contributed by atoms with Crippen LogP contribution in [-0.2, 0) is 17.6 Å². The summed E-state index contributed by atoms with van der Waals surface area (Å²) < 4.78 is 0. The molecule has 1 aliphatic heterocycles. The zero-order valence-corrected chi connectivity index (χ0v) is 20.6. The summed E-state index contributed by atoms with van der Waals surface area (Å²) in [6.45, 7) is 4.83. The number of fused-ring (bicyclic) bond motifs is 1. The highest BCUT2D eigenvalue weighted by Crippen LogP contribution is 2.27. The summed E-state index contributed by atoms with van der Waals surface area (Å²) in [7, 11) is 0. The maximum Gasteiger partial charge on any atom is 0.244 e. The first-order chi connectivity index (χ1) is 17.0. The predicted molar refractivity (Wildman–Crippen MR) is 139 cm³/mol. The summed E-state index contributed by atoms with van der Waals surface area (Å²) in [6.07, 6.45) is 11.0. The van der Waals surface area contributed by atoms with Gasteiger partial charge in [-0.15, -0.1) is 0 Å². The number of benzene rings is 2. The molecular weight excluding hydrogens is 434 g/mol. The van der Waals surface area contributed by atoms with E-state index in [4.69, 9.17) is 5.26 Å². The van der Waals surface area contributed by atoms with E-state index < -0.39 is 0 Å². The number of amides is 1. The third kappa shape index (κ3) is 7.13. The van der Waals surface area contributed by atoms with Crippen LogP contribution in [0.3, 0.4) is 0 Å². The maximum absolute atomic E-state index is 12.4. The van der Waals surface area contributed by atoms with Crippen LogP contribution >= 0.6 is 0 Å². The predicted octanol–water partition coefficient (Wildman–Crippen LogP) is 4.94. The van der Waals surface area contributed by atoms with Gasteiger partial charge in [0.2, 0.25) is 5.91 Å². The van der Waals surface area contributed by atoms with E-state index in [2.05, 4.69) is 28.4 Å². The molecule has 0 bridgehead atoms. The number of rotatable bonds is 7. The lowest BCUT2D eigenvalue weighted by Crippen LogP contribution is -2.37. The number of nitriles is 1. The van der Waals surface area contributed by atoms with Gasteiger partial charge in [-0.2, -0.15) is 5.26 Å². The highest BCUT2D eigenvalue weighted by molar-refractivity contribution is 5.95. The Balaban J connectivity index is 1.17. The van der Waals surface area contributed by atoms with Gasteiger partial charge < -0.3 is 10.2 Å². The summed E-state index contributed by atoms with van der Waals surface area (Å²) in [5, 5.41) is 12.3. The van der Waals surface area contributed by atoms with Gasteiger partial charge in [-0.25, -0.2) is 0 Å². The Labute approximate surface area is 208 Å². The standard InChI is InChI=1S/C30H35N3O2/c1-22(34)27-4-2-3-24(19-27)8-12-30(35)32-29-10-6-23(7-11-29)13-16-33-17-14-26-9-5-25(21-31)20-28(26)15-18-33/h2-5,8-9,12,19-20,23,29H,6-7,10-11,13-18H2,1H3,(H,32,35)/b12-8+. The van der Waals surface area contributed by atoms with E-state index in [-0.39, 0.29) is 17.7 Å². The van der Waals surface area contributed by atoms with Gasteiger partial charge in [0.25, 0.3) is 0 Å². The van der Waals surface area contributed by atoms with Gasteiger partial charge in [-0.3, -0.25) is 9.59 Å². The first kappa shape index (κ1) is 24.9. The summed E-state index contributed by atoms with van der Waals surface area (Å²) in [4.78, 5) is 26.5. The van der Waals surface area contributed by atoms with Gasteiger partial charge in [-0.1, -0.05) is 24.3 Å². The molecule has 0 unspecified atom stereocenters. The SMILES string of the molecule is CC(=O)c1cccc(/C=C/C(=O)NC2CCC(CCN3CCc4ccc(C#N)cc4CC3)CC2)c1. The second-order valence-corrected chi connectivity index (χ2v) is 9.97. The van der Waals surface area contributed by atoms with Crippen molar-refractivity contribution in [1.29, 1.82) is 5.26 Å². The molecule has 1 fully saturated rings. The van der Waals surface area contributed by atoms with E-state index in [1.165, 1.54) is 17.5 Å². The maximum atomic E-state index is 12.4. The highest BCUT2D eigenvalue weighted by Gasteiger charge is 2.23. The summed E-state index contributed by atoms with van der Waals surface area (Å²) in [5.74, 6) is 0.686. The Kier molecular flexibility index (Phi) is 8.50. The average Bonchev–Trinajstić information content (AvgIpc) is 3.09. The Morgan fingerprint density at radius 1 is 1.06 bits per heavy atom. The molecule has 2 aromatic carbocycles. The molecule has 0 saturated heterocycles. The molecule has 182 valence electrons. The molecule has 1 aliphatic carbocycles. The summed E-state index contributed by atoms with van der Waals surface area (Å²) >= 11 is 0. The Morgan fingerprint density at radius 2 is 1.83 bits per heavy atom. The van der Waals surface area contributed by atoms with E-state index in [0.29, 0.717) is 5.56 Å². The molecule has 5 heteroatoms. The highest BCUT2D eigenvalue weighted by atomic mass is 16.1. The van der Waals surface area contributed by atoms with Crippen molar-refractivity contribution < 1.29 is 9.59 Å². The quantitative estimate of drug-likeness (QED) is 0.460. The van der Waals surface area contributed by atoms with Crippen molar-refractivity contribution in [2.75, 3.05) is 19.6 Å². The van der Waals surface area contributed by atoms with Crippen LogP contribution in [0.1, 0.15) is 71.6 Å². The third-order valence-electron chi connectivity index (χ3n) is 7.50. The first-order valence-corrected chi connectivity index (χ1v) is 12.8. The van der Waals surface area contributed by atoms with Crippen LogP contribution in [0, 0.1) is 17.2 Å². The number of hydrogen-bond donors (Lipinski definition) is 1. The topological polar surface area (TPSA) is 73.2 Å². The fourth-order valence-electron chi connectivity index (χ4n) is 5.31. The van der Waals surface area contributed by atoms with Gasteiger partial charge in [-0.05, 0) is 105 Å². The number of ketones is 1. The minimum absolute atomic E-state index is 0.0246. The second-order valence-electron chi connectivity index (χ2n) is 9.97. The molecule has 0 aromatic heterocycles. The molecule has 0 atom stereocenters. The van der Waals surface area contributed by atoms with Crippen LogP contribution in [0.2, 0.25) is 0 Å². The van der Waals surface area contributed by atoms with E-state index in [1.54, 1.807) is 25.1 Å². The smallest absolute Gasteiger partial charge is 0.244 e. The van der Waals surface area contributed by atoms with Crippen LogP contribution in [0.5, 0.6) is 0 Å². The van der Waals surface area contributed by atoms with Crippen LogP contribution in [0.15, 0.2) is 48.5 Å². The van der Waals surface area contributed by atoms with Crippen molar-refractivity contribution in [2.45, 2.75) is 57.9 Å². The number of carbonyl (C=O) groups is 2. The number of carbonyl (C=O) groups excluding carboxylic acids is 2. The van der Waals surface area contributed by atoms with Crippen LogP contribution in [-0.4, -0.2) is 42.3 Å². The fourth-order valence-corrected chi connectivity index (χ4v) is 5.31. The normalized spacial score (nSPS) is 20.6. The molecule has 0 radical (unpaired) electrons. The van der Waals surface area contributed by atoms with Gasteiger partial charge in [0.15, 0.2) is 5.78 Å². The molecule has 1 heterocycles. The van der Waals surface area contributed by atoms with E-state index in [9.17, 15) is 9.59 Å². The number of hydrogen-bond acceptors (Lipinski definition) is 4. The lowest BCUT2D eigenvalue weighted by molar-refractivity contribution is -0.117. The minimum atomic E-state index is -0.0645. The molecule has 5 nitrogen and oxygen atoms in total. The van der Waals surface area contributed by atoms with E-state index in [0.717, 1.165) is 75.2 Å². The zero-order chi connectivity index (χ0) is 24.6. The lowest BCUT2D eigenvalue weighted by atomic mass is 9.84. The monoisotopic (exact) mass is 469 g/mol. The number of Topliss-reactive ketones (excluding diaryl/α,β-unsaturated/α-hetero) is 1. The zero-order valence-electron chi connectivity index (χ0n) is 20.6. The first-order valence-electron chi connectivity index (χ1n) is 12.8. The van der Waals surface area contributed by atoms with Crippen LogP contribution < -0.4 is 5.32 Å². The van der Waals surface area contributed by atoms with Crippen molar-refractivity contribution in [1.82, 2.24) is 10.2 Å². The minimum Gasteiger partial charge on any atom is -0.350 e.